The number of hydrogen-bond acceptors (Lipinski definition) is 7. The molecule has 0 amide bonds. The highest BCUT2D eigenvalue weighted by Crippen LogP contribution is 2.32. The Morgan fingerprint density at radius 1 is 0.974 bits per heavy atom. The van der Waals surface area contributed by atoms with E-state index < -0.39 is 24.3 Å². The summed E-state index contributed by atoms with van der Waals surface area (Å²) < 4.78 is 75.8. The van der Waals surface area contributed by atoms with Gasteiger partial charge in [-0.3, -0.25) is 14.9 Å². The molecule has 4 rings (SSSR count). The highest BCUT2D eigenvalue weighted by atomic mass is 19.4. The molecule has 210 valence electrons. The van der Waals surface area contributed by atoms with Gasteiger partial charge in [-0.1, -0.05) is 6.07 Å². The number of halogens is 6. The number of carboxylic acids is 2. The number of carboxylic acid groups (broad SMARTS) is 2. The Kier molecular flexibility index (Phi) is 11.4. The van der Waals surface area contributed by atoms with Crippen molar-refractivity contribution < 1.29 is 55.6 Å². The molecule has 2 saturated heterocycles. The van der Waals surface area contributed by atoms with E-state index >= 15 is 0 Å². The minimum Gasteiger partial charge on any atom is -0.475 e. The van der Waals surface area contributed by atoms with Gasteiger partial charge in [0, 0.05) is 50.5 Å². The van der Waals surface area contributed by atoms with Crippen molar-refractivity contribution in [2.45, 2.75) is 56.6 Å². The van der Waals surface area contributed by atoms with Crippen LogP contribution in [0.5, 0.6) is 0 Å². The maximum absolute atomic E-state index is 10.6. The first-order valence-corrected chi connectivity index (χ1v) is 11.1. The number of pyridine rings is 2. The maximum Gasteiger partial charge on any atom is 0.490 e. The third kappa shape index (κ3) is 10.2. The van der Waals surface area contributed by atoms with Gasteiger partial charge in [0.15, 0.2) is 0 Å². The van der Waals surface area contributed by atoms with E-state index in [4.69, 9.17) is 29.3 Å². The Labute approximate surface area is 213 Å². The summed E-state index contributed by atoms with van der Waals surface area (Å²) in [6, 6.07) is 8.58. The lowest BCUT2D eigenvalue weighted by atomic mass is 10.0. The smallest absolute Gasteiger partial charge is 0.475 e. The van der Waals surface area contributed by atoms with Crippen LogP contribution in [0.1, 0.15) is 24.0 Å². The van der Waals surface area contributed by atoms with E-state index in [1.807, 2.05) is 43.0 Å². The molecule has 15 heteroatoms. The van der Waals surface area contributed by atoms with Crippen molar-refractivity contribution in [3.05, 3.63) is 60.2 Å². The molecular formula is C23H25F6N3O6. The molecule has 38 heavy (non-hydrogen) atoms. The molecule has 9 nitrogen and oxygen atoms in total. The lowest BCUT2D eigenvalue weighted by molar-refractivity contribution is -0.193. The van der Waals surface area contributed by atoms with E-state index in [2.05, 4.69) is 20.9 Å². The molecule has 4 heterocycles. The second kappa shape index (κ2) is 14.0. The molecule has 2 aromatic heterocycles. The first kappa shape index (κ1) is 30.9. The Balaban J connectivity index is 0.000000301. The SMILES string of the molecule is O=C(O)C(F)(F)F.O=C(O)C(F)(F)F.c1cncc(CN2C[C@@H](OCc3ccncc3)[C@@H]3OCCC[C@@H]32)c1. The second-order valence-electron chi connectivity index (χ2n) is 8.15. The Morgan fingerprint density at radius 2 is 1.58 bits per heavy atom. The molecule has 0 aromatic carbocycles. The molecular weight excluding hydrogens is 528 g/mol. The third-order valence-electron chi connectivity index (χ3n) is 5.39. The first-order chi connectivity index (χ1) is 17.8. The summed E-state index contributed by atoms with van der Waals surface area (Å²) in [6.07, 6.45) is -0.173. The van der Waals surface area contributed by atoms with Crippen LogP contribution in [0.25, 0.3) is 0 Å². The van der Waals surface area contributed by atoms with Crippen molar-refractivity contribution in [2.24, 2.45) is 0 Å². The number of aliphatic carboxylic acids is 2. The van der Waals surface area contributed by atoms with Crippen LogP contribution >= 0.6 is 0 Å². The number of alkyl halides is 6. The average Bonchev–Trinajstić information content (AvgIpc) is 3.21. The molecule has 2 aliphatic heterocycles. The number of rotatable bonds is 5. The van der Waals surface area contributed by atoms with Gasteiger partial charge in [0.25, 0.3) is 0 Å². The number of hydrogen-bond donors (Lipinski definition) is 2. The van der Waals surface area contributed by atoms with Crippen LogP contribution in [0.4, 0.5) is 26.3 Å². The van der Waals surface area contributed by atoms with Crippen LogP contribution in [0.3, 0.4) is 0 Å². The summed E-state index contributed by atoms with van der Waals surface area (Å²) in [5, 5.41) is 14.2. The van der Waals surface area contributed by atoms with Crippen molar-refractivity contribution in [3.8, 4) is 0 Å². The van der Waals surface area contributed by atoms with Gasteiger partial charge in [0.1, 0.15) is 6.10 Å². The topological polar surface area (TPSA) is 122 Å². The number of fused-ring (bicyclic) bond motifs is 1. The Morgan fingerprint density at radius 3 is 2.11 bits per heavy atom. The molecule has 2 aromatic rings. The van der Waals surface area contributed by atoms with Gasteiger partial charge in [-0.15, -0.1) is 0 Å². The van der Waals surface area contributed by atoms with Crippen LogP contribution in [-0.2, 0) is 32.2 Å². The molecule has 2 N–H and O–H groups in total. The highest BCUT2D eigenvalue weighted by Gasteiger charge is 2.44. The minimum atomic E-state index is -5.08. The van der Waals surface area contributed by atoms with Gasteiger partial charge >= 0.3 is 24.3 Å². The molecule has 2 aliphatic rings. The van der Waals surface area contributed by atoms with Gasteiger partial charge in [-0.2, -0.15) is 26.3 Å². The zero-order valence-corrected chi connectivity index (χ0v) is 19.7. The lowest BCUT2D eigenvalue weighted by Crippen LogP contribution is -2.41. The summed E-state index contributed by atoms with van der Waals surface area (Å²) in [7, 11) is 0. The van der Waals surface area contributed by atoms with Crippen molar-refractivity contribution in [1.82, 2.24) is 14.9 Å². The average molecular weight is 553 g/mol. The summed E-state index contributed by atoms with van der Waals surface area (Å²) >= 11 is 0. The number of ether oxygens (including phenoxy) is 2. The van der Waals surface area contributed by atoms with Crippen LogP contribution < -0.4 is 0 Å². The predicted molar refractivity (Wildman–Crippen MR) is 118 cm³/mol. The first-order valence-electron chi connectivity index (χ1n) is 11.1. The Hall–Kier alpha value is -3.30. The maximum atomic E-state index is 10.6. The molecule has 0 bridgehead atoms. The van der Waals surface area contributed by atoms with E-state index in [0.29, 0.717) is 12.6 Å². The van der Waals surface area contributed by atoms with Crippen molar-refractivity contribution in [1.29, 1.82) is 0 Å². The quantitative estimate of drug-likeness (QED) is 0.534. The summed E-state index contributed by atoms with van der Waals surface area (Å²) in [6.45, 7) is 3.28. The van der Waals surface area contributed by atoms with Crippen LogP contribution in [0.15, 0.2) is 49.1 Å². The van der Waals surface area contributed by atoms with Gasteiger partial charge in [0.2, 0.25) is 0 Å². The zero-order valence-electron chi connectivity index (χ0n) is 19.7. The number of carbonyl (C=O) groups is 2. The minimum absolute atomic E-state index is 0.125. The van der Waals surface area contributed by atoms with Crippen molar-refractivity contribution >= 4 is 11.9 Å². The van der Waals surface area contributed by atoms with E-state index in [0.717, 1.165) is 31.7 Å². The zero-order chi connectivity index (χ0) is 28.3. The summed E-state index contributed by atoms with van der Waals surface area (Å²) in [5.41, 5.74) is 2.40. The summed E-state index contributed by atoms with van der Waals surface area (Å²) in [5.74, 6) is -5.51. The molecule has 0 radical (unpaired) electrons. The van der Waals surface area contributed by atoms with Gasteiger partial charge in [-0.05, 0) is 42.2 Å². The van der Waals surface area contributed by atoms with Crippen LogP contribution in [0.2, 0.25) is 0 Å². The molecule has 0 saturated carbocycles. The molecule has 0 unspecified atom stereocenters. The normalized spacial score (nSPS) is 21.3. The monoisotopic (exact) mass is 553 g/mol. The van der Waals surface area contributed by atoms with Crippen LogP contribution in [-0.4, -0.2) is 80.8 Å². The molecule has 2 fully saturated rings. The van der Waals surface area contributed by atoms with Crippen molar-refractivity contribution in [2.75, 3.05) is 13.2 Å². The van der Waals surface area contributed by atoms with E-state index in [1.54, 1.807) is 0 Å². The van der Waals surface area contributed by atoms with Gasteiger partial charge < -0.3 is 19.7 Å². The number of nitrogens with zero attached hydrogens (tertiary/aromatic N) is 3. The van der Waals surface area contributed by atoms with Crippen molar-refractivity contribution in [3.63, 3.8) is 0 Å². The van der Waals surface area contributed by atoms with E-state index in [-0.39, 0.29) is 12.2 Å². The second-order valence-corrected chi connectivity index (χ2v) is 8.15. The number of likely N-dealkylation sites (tertiary alicyclic amines) is 1. The largest absolute Gasteiger partial charge is 0.490 e. The Bertz CT molecular complexity index is 986. The fourth-order valence-electron chi connectivity index (χ4n) is 3.74. The third-order valence-corrected chi connectivity index (χ3v) is 5.39. The van der Waals surface area contributed by atoms with Crippen LogP contribution in [0, 0.1) is 0 Å². The van der Waals surface area contributed by atoms with E-state index in [9.17, 15) is 26.3 Å². The molecule has 0 spiro atoms. The fraction of sp³-hybridized carbons (Fsp3) is 0.478. The standard InChI is InChI=1S/C19H23N3O2.2C2HF3O2/c1-3-16(11-21-7-1)12-22-13-18(19-17(22)4-2-10-23-19)24-14-15-5-8-20-9-6-15;2*3-2(4,5)1(6)7/h1,3,5-9,11,17-19H,2,4,10,12-14H2;2*(H,6,7)/t17-,18+,19+;;/m0../s1. The fourth-order valence-corrected chi connectivity index (χ4v) is 3.74. The van der Waals surface area contributed by atoms with Gasteiger partial charge in [-0.25, -0.2) is 9.59 Å². The molecule has 0 aliphatic carbocycles. The number of aromatic nitrogens is 2. The molecule has 3 atom stereocenters. The van der Waals surface area contributed by atoms with E-state index in [1.165, 1.54) is 12.0 Å². The van der Waals surface area contributed by atoms with Gasteiger partial charge in [0.05, 0.1) is 12.7 Å². The highest BCUT2D eigenvalue weighted by molar-refractivity contribution is 5.73. The lowest BCUT2D eigenvalue weighted by Gasteiger charge is -2.32. The predicted octanol–water partition coefficient (Wildman–Crippen LogP) is 3.69. The summed E-state index contributed by atoms with van der Waals surface area (Å²) in [4.78, 5) is 28.6.